The van der Waals surface area contributed by atoms with E-state index in [1.165, 1.54) is 62.6 Å². The van der Waals surface area contributed by atoms with E-state index in [4.69, 9.17) is 121 Å². The number of nitrogens with two attached hydrogens (primary N) is 1. The molecule has 136 heavy (non-hydrogen) atoms. The molecule has 5 saturated heterocycles. The molecule has 4 aromatic carbocycles. The molecule has 704 valence electrons. The second kappa shape index (κ2) is 43.8. The first-order chi connectivity index (χ1) is 66.0. The molecule has 4 amide bonds. The number of amides is 4. The molecule has 0 aliphatic carbocycles. The van der Waals surface area contributed by atoms with Crippen molar-refractivity contribution in [3.8, 4) is 18.2 Å². The SMILES string of the molecule is N#CCCOC(=S)O[C@H]1[C@@H](F)[C@H](n2cnc3c(NC(=O)c4ccccc4)ncnc32)O[C@@H]1CNP(=S)(OCCC#N)O[C@H]1[C@@H](F)[C@H](n2cnc3c(NC(=O)c4ccccc4)ncnc32)O[C@@H]1CN.[C-]#[N+]CCOP1(=S)NC[C@H]2O[C@@H](n3cnc4c(NC(=O)c5ccccc5)ncnc43)[C@H](F)[C@@H]2OP(=S)(OCCC#N)CC[C@H]2O[C@@H](n3cnc4c(NC(=O)c5ccccc5)ncnc43)[C@H](F)[C@@H]2O1. The molecule has 5 aliphatic rings. The van der Waals surface area contributed by atoms with Crippen LogP contribution in [-0.2, 0) is 91.0 Å². The summed E-state index contributed by atoms with van der Waals surface area (Å²) in [6.45, 7) is -5.66. The van der Waals surface area contributed by atoms with Crippen LogP contribution in [0.4, 0.5) is 40.8 Å². The van der Waals surface area contributed by atoms with Crippen molar-refractivity contribution in [1.82, 2.24) is 88.3 Å². The van der Waals surface area contributed by atoms with E-state index in [1.54, 1.807) is 121 Å². The van der Waals surface area contributed by atoms with Gasteiger partial charge in [0.15, 0.2) is 130 Å². The Balaban J connectivity index is 0.000000197. The van der Waals surface area contributed by atoms with Crippen molar-refractivity contribution in [2.75, 3.05) is 80.0 Å². The largest absolute Gasteiger partial charge is 0.456 e. The minimum atomic E-state index is -3.89. The molecule has 13 heterocycles. The van der Waals surface area contributed by atoms with Crippen molar-refractivity contribution in [1.29, 1.82) is 15.8 Å². The number of halogens is 4. The van der Waals surface area contributed by atoms with Crippen molar-refractivity contribution in [3.05, 3.63) is 206 Å². The average Bonchev–Trinajstić information content (AvgIpc) is 1.62. The molecule has 5 aliphatic heterocycles. The number of anilines is 4. The third-order valence-electron chi connectivity index (χ3n) is 21.5. The minimum Gasteiger partial charge on any atom is -0.456 e. The summed E-state index contributed by atoms with van der Waals surface area (Å²) in [6, 6.07) is 39.6. The fourth-order valence-electron chi connectivity index (χ4n) is 15.1. The first kappa shape index (κ1) is 96.9. The van der Waals surface area contributed by atoms with Gasteiger partial charge in [0.05, 0.1) is 82.1 Å². The number of nitrogens with zero attached hydrogens (tertiary/aromatic N) is 20. The fraction of sp³-hybridized carbons (Fsp3) is 0.354. The van der Waals surface area contributed by atoms with Gasteiger partial charge in [-0.3, -0.25) is 37.4 Å². The van der Waals surface area contributed by atoms with Gasteiger partial charge < -0.3 is 87.4 Å². The van der Waals surface area contributed by atoms with Gasteiger partial charge in [-0.05, 0) is 90.4 Å². The monoisotopic (exact) mass is 1990 g/mol. The second-order valence-corrected chi connectivity index (χ2v) is 40.7. The number of nitrogens with one attached hydrogen (secondary N) is 6. The molecule has 8 aromatic heterocycles. The Labute approximate surface area is 789 Å². The highest BCUT2D eigenvalue weighted by Crippen LogP contribution is 2.58. The number of benzene rings is 4. The van der Waals surface area contributed by atoms with Crippen molar-refractivity contribution in [2.45, 2.75) is 124 Å². The molecule has 19 atom stereocenters. The van der Waals surface area contributed by atoms with Crippen molar-refractivity contribution >= 4 is 164 Å². The lowest BCUT2D eigenvalue weighted by atomic mass is 10.1. The van der Waals surface area contributed by atoms with Gasteiger partial charge >= 0.3 is 5.24 Å². The maximum absolute atomic E-state index is 17.2. The molecule has 17 rings (SSSR count). The number of carbonyl (C=O) groups excluding carboxylic acids is 4. The van der Waals surface area contributed by atoms with Gasteiger partial charge in [-0.15, -0.1) is 0 Å². The lowest BCUT2D eigenvalue weighted by molar-refractivity contribution is -0.0250. The van der Waals surface area contributed by atoms with E-state index in [9.17, 15) is 29.7 Å². The third-order valence-corrected chi connectivity index (χ3v) is 29.9. The van der Waals surface area contributed by atoms with Crippen LogP contribution in [0.2, 0.25) is 0 Å². The standard InChI is InChI=1S/C41H39F2N14O8PS2.C41H39F2N13O8P2S2/c42-27-31(64-41(67)60-15-7-13-44)26(63-39(27)56-21-51-29-33(47-19-49-35(29)56)54-37(58)23-9-3-1-4-10-23)18-53-66(68,61-16-8-14-45)65-32-25(17-46)62-40(28(32)43)57-22-52-30-34(48-20-50-36(30)57)55-38(59)24-11-5-2-6-12-24;1-45-15-17-60-66(68)52-19-27-33(29(43)41(62-27)56-23-51-31-35(47-21-49-37(31)56)54-39(58)25-11-6-3-7-12-25)63-65(67,59-16-8-14-44)18-13-26-32(64-66)28(42)40(61-26)55-22-50-30-34(46-20-48-36(30)55)53-38(57)24-9-4-2-5-10-24/h1-6,9-12,19-22,25-28,31-32,39-40H,7-8,15-18,46H2,(H,53,68)(H,47,49,54,58)(H,48,50,55,59);2-7,9-12,20-23,26-29,32-33,40-41H,8,13,15-19H2,(H,52,68)(H,46,48,53,57)(H,47,49,54,58)/t25-,26-,27-,28-,31-,32-,39-,40-,66?;26-,27-,28-,29-,32-,33-,40-,41-,65?,66?/m11/s1. The Morgan fingerprint density at radius 1 is 0.522 bits per heavy atom. The molecule has 0 saturated carbocycles. The Bertz CT molecular complexity index is 6460. The van der Waals surface area contributed by atoms with E-state index < -0.39 is 147 Å². The van der Waals surface area contributed by atoms with Crippen LogP contribution in [0.1, 0.15) is 92.0 Å². The Kier molecular flexibility index (Phi) is 31.2. The Morgan fingerprint density at radius 3 is 1.35 bits per heavy atom. The number of ether oxygens (including phenoxy) is 6. The number of nitriles is 3. The van der Waals surface area contributed by atoms with E-state index in [0.717, 1.165) is 6.33 Å². The van der Waals surface area contributed by atoms with E-state index in [1.807, 2.05) is 18.2 Å². The van der Waals surface area contributed by atoms with Crippen LogP contribution in [-0.4, -0.2) is 239 Å². The molecule has 3 unspecified atom stereocenters. The highest BCUT2D eigenvalue weighted by Gasteiger charge is 2.56. The zero-order valence-corrected chi connectivity index (χ0v) is 76.6. The first-order valence-electron chi connectivity index (χ1n) is 41.6. The van der Waals surface area contributed by atoms with Crippen molar-refractivity contribution in [2.24, 2.45) is 5.73 Å². The number of aromatic nitrogens is 16. The number of thiocarbonyl (C=S) groups is 1. The Hall–Kier alpha value is -12.2. The summed E-state index contributed by atoms with van der Waals surface area (Å²) in [6.07, 6.45) is -14.7. The lowest BCUT2D eigenvalue weighted by Gasteiger charge is -2.33. The molecule has 54 heteroatoms. The fourth-order valence-corrected chi connectivity index (χ4v) is 22.5. The normalized spacial score (nSPS) is 25.7. The molecular formula is C82H78F4N27O16P3S4. The van der Waals surface area contributed by atoms with E-state index in [-0.39, 0.29) is 152 Å². The van der Waals surface area contributed by atoms with Crippen LogP contribution in [0.3, 0.4) is 0 Å². The molecule has 0 radical (unpaired) electrons. The van der Waals surface area contributed by atoms with Crippen LogP contribution >= 0.6 is 32.0 Å². The number of fused-ring (bicyclic) bond motifs is 6. The number of imidazole rings is 4. The summed E-state index contributed by atoms with van der Waals surface area (Å²) in [7, 11) is 0. The van der Waals surface area contributed by atoms with Crippen LogP contribution in [0.15, 0.2) is 172 Å². The van der Waals surface area contributed by atoms with Gasteiger partial charge in [0.2, 0.25) is 6.54 Å². The van der Waals surface area contributed by atoms with Crippen LogP contribution in [0.5, 0.6) is 0 Å². The average molecular weight is 1990 g/mol. The topological polar surface area (TPSA) is 527 Å². The summed E-state index contributed by atoms with van der Waals surface area (Å²) in [5.41, 5.74) is 8.60. The maximum atomic E-state index is 17.2. The van der Waals surface area contributed by atoms with Gasteiger partial charge in [0, 0.05) is 60.3 Å². The van der Waals surface area contributed by atoms with Gasteiger partial charge in [-0.2, -0.15) is 15.8 Å². The minimum absolute atomic E-state index is 0.0363. The highest BCUT2D eigenvalue weighted by atomic mass is 32.5. The highest BCUT2D eigenvalue weighted by molar-refractivity contribution is 8.10. The van der Waals surface area contributed by atoms with Crippen LogP contribution < -0.4 is 37.2 Å². The van der Waals surface area contributed by atoms with E-state index >= 15 is 17.6 Å². The first-order valence-corrected chi connectivity index (χ1v) is 50.1. The van der Waals surface area contributed by atoms with E-state index in [0.29, 0.717) is 22.3 Å². The molecule has 43 nitrogen and oxygen atoms in total. The smallest absolute Gasteiger partial charge is 0.352 e. The summed E-state index contributed by atoms with van der Waals surface area (Å²) >= 11 is 23.2. The van der Waals surface area contributed by atoms with Crippen molar-refractivity contribution < 1.29 is 92.3 Å². The number of hydrogen-bond donors (Lipinski definition) is 7. The molecular weight excluding hydrogens is 1920 g/mol. The summed E-state index contributed by atoms with van der Waals surface area (Å²) in [5.74, 6) is -1.57. The number of carbonyl (C=O) groups is 4. The number of alkyl halides is 4. The summed E-state index contributed by atoms with van der Waals surface area (Å²) in [5, 5.41) is 44.1. The van der Waals surface area contributed by atoms with Gasteiger partial charge in [0.1, 0.15) is 75.1 Å². The van der Waals surface area contributed by atoms with Crippen LogP contribution in [0, 0.1) is 40.6 Å². The molecule has 5 fully saturated rings. The molecule has 12 aromatic rings. The third kappa shape index (κ3) is 21.7. The number of hydrogen-bond acceptors (Lipinski definition) is 36. The molecule has 8 N–H and O–H groups in total. The molecule has 0 bridgehead atoms. The summed E-state index contributed by atoms with van der Waals surface area (Å²) < 4.78 is 147. The van der Waals surface area contributed by atoms with Crippen molar-refractivity contribution in [3.63, 3.8) is 0 Å². The zero-order chi connectivity index (χ0) is 95.2. The predicted octanol–water partition coefficient (Wildman–Crippen LogP) is 10.1. The zero-order valence-electron chi connectivity index (χ0n) is 70.6. The quantitative estimate of drug-likeness (QED) is 0.00723. The van der Waals surface area contributed by atoms with Crippen LogP contribution in [0.25, 0.3) is 49.5 Å². The van der Waals surface area contributed by atoms with Gasteiger partial charge in [-0.25, -0.2) is 94.1 Å². The maximum Gasteiger partial charge on any atom is 0.352 e. The lowest BCUT2D eigenvalue weighted by Crippen LogP contribution is -2.41. The predicted molar refractivity (Wildman–Crippen MR) is 490 cm³/mol. The number of rotatable bonds is 30. The van der Waals surface area contributed by atoms with Gasteiger partial charge in [0.25, 0.3) is 36.9 Å². The molecule has 0 spiro atoms. The summed E-state index contributed by atoms with van der Waals surface area (Å²) in [4.78, 5) is 107. The second-order valence-electron chi connectivity index (χ2n) is 30.1. The Morgan fingerprint density at radius 2 is 0.919 bits per heavy atom. The van der Waals surface area contributed by atoms with E-state index in [2.05, 4.69) is 96.1 Å². The van der Waals surface area contributed by atoms with Gasteiger partial charge in [-0.1, -0.05) is 72.8 Å².